The topological polar surface area (TPSA) is 75.3 Å². The van der Waals surface area contributed by atoms with Crippen molar-refractivity contribution in [2.24, 2.45) is 5.92 Å². The van der Waals surface area contributed by atoms with Crippen LogP contribution in [0.15, 0.2) is 12.4 Å². The van der Waals surface area contributed by atoms with E-state index in [1.54, 1.807) is 10.9 Å². The lowest BCUT2D eigenvalue weighted by Gasteiger charge is -2.16. The molecule has 2 unspecified atom stereocenters. The number of aromatic nitrogens is 2. The predicted molar refractivity (Wildman–Crippen MR) is 58.9 cm³/mol. The third-order valence-electron chi connectivity index (χ3n) is 2.62. The summed E-state index contributed by atoms with van der Waals surface area (Å²) in [4.78, 5) is 11.0. The van der Waals surface area contributed by atoms with Crippen molar-refractivity contribution < 1.29 is 15.0 Å². The van der Waals surface area contributed by atoms with Gasteiger partial charge in [0.25, 0.3) is 0 Å². The number of nitrogens with zero attached hydrogens (tertiary/aromatic N) is 2. The van der Waals surface area contributed by atoms with E-state index in [-0.39, 0.29) is 0 Å². The van der Waals surface area contributed by atoms with Crippen molar-refractivity contribution in [3.05, 3.63) is 18.0 Å². The van der Waals surface area contributed by atoms with E-state index in [2.05, 4.69) is 5.10 Å². The fourth-order valence-electron chi connectivity index (χ4n) is 1.66. The molecule has 0 aliphatic rings. The molecule has 0 radical (unpaired) electrons. The van der Waals surface area contributed by atoms with Crippen molar-refractivity contribution in [2.45, 2.75) is 39.3 Å². The Kier molecular flexibility index (Phi) is 4.49. The van der Waals surface area contributed by atoms with Gasteiger partial charge in [-0.3, -0.25) is 9.48 Å². The summed E-state index contributed by atoms with van der Waals surface area (Å²) in [7, 11) is 0. The zero-order chi connectivity index (χ0) is 12.1. The molecule has 90 valence electrons. The molecule has 1 rings (SSSR count). The zero-order valence-corrected chi connectivity index (χ0v) is 9.63. The molecule has 0 aromatic carbocycles. The van der Waals surface area contributed by atoms with Gasteiger partial charge in [0.1, 0.15) is 0 Å². The average Bonchev–Trinajstić information content (AvgIpc) is 2.73. The highest BCUT2D eigenvalue weighted by Gasteiger charge is 2.27. The molecule has 1 aromatic rings. The molecule has 0 aliphatic carbocycles. The monoisotopic (exact) mass is 226 g/mol. The minimum absolute atomic E-state index is 0.466. The van der Waals surface area contributed by atoms with Gasteiger partial charge in [-0.1, -0.05) is 13.3 Å². The lowest BCUT2D eigenvalue weighted by Crippen LogP contribution is -2.21. The molecule has 2 atom stereocenters. The highest BCUT2D eigenvalue weighted by molar-refractivity contribution is 5.70. The molecule has 0 saturated heterocycles. The standard InChI is InChI=1S/C11H18N2O3/c1-3-5-9(11(15)16)10(14)8-6-12-13(4-2)7-8/h6-7,9-10,14H,3-5H2,1-2H3,(H,15,16). The number of aryl methyl sites for hydroxylation is 1. The number of carbonyl (C=O) groups is 1. The Labute approximate surface area is 94.7 Å². The Morgan fingerprint density at radius 3 is 2.69 bits per heavy atom. The highest BCUT2D eigenvalue weighted by Crippen LogP contribution is 2.25. The number of aliphatic hydroxyl groups is 1. The van der Waals surface area contributed by atoms with Gasteiger partial charge in [-0.25, -0.2) is 0 Å². The van der Waals surface area contributed by atoms with Crippen LogP contribution in [0.4, 0.5) is 0 Å². The van der Waals surface area contributed by atoms with Crippen LogP contribution in [0, 0.1) is 5.92 Å². The summed E-state index contributed by atoms with van der Waals surface area (Å²) in [5.41, 5.74) is 0.572. The van der Waals surface area contributed by atoms with Crippen LogP contribution in [0.5, 0.6) is 0 Å². The van der Waals surface area contributed by atoms with Crippen molar-refractivity contribution in [1.82, 2.24) is 9.78 Å². The van der Waals surface area contributed by atoms with Crippen LogP contribution < -0.4 is 0 Å². The molecule has 0 aliphatic heterocycles. The maximum atomic E-state index is 11.0. The molecule has 0 spiro atoms. The van der Waals surface area contributed by atoms with Gasteiger partial charge in [-0.15, -0.1) is 0 Å². The maximum absolute atomic E-state index is 11.0. The molecule has 0 amide bonds. The zero-order valence-electron chi connectivity index (χ0n) is 9.63. The Morgan fingerprint density at radius 1 is 1.56 bits per heavy atom. The lowest BCUT2D eigenvalue weighted by atomic mass is 9.94. The SMILES string of the molecule is CCCC(C(=O)O)C(O)c1cnn(CC)c1. The minimum Gasteiger partial charge on any atom is -0.481 e. The number of aliphatic hydroxyl groups excluding tert-OH is 1. The molecule has 5 nitrogen and oxygen atoms in total. The average molecular weight is 226 g/mol. The second-order valence-electron chi connectivity index (χ2n) is 3.81. The van der Waals surface area contributed by atoms with E-state index < -0.39 is 18.0 Å². The van der Waals surface area contributed by atoms with Crippen LogP contribution >= 0.6 is 0 Å². The van der Waals surface area contributed by atoms with Crippen LogP contribution in [0.3, 0.4) is 0 Å². The van der Waals surface area contributed by atoms with Gasteiger partial charge in [0.15, 0.2) is 0 Å². The first-order valence-electron chi connectivity index (χ1n) is 5.53. The lowest BCUT2D eigenvalue weighted by molar-refractivity contribution is -0.146. The molecule has 0 fully saturated rings. The molecule has 0 bridgehead atoms. The summed E-state index contributed by atoms with van der Waals surface area (Å²) < 4.78 is 1.67. The van der Waals surface area contributed by atoms with Gasteiger partial charge in [0.05, 0.1) is 18.2 Å². The van der Waals surface area contributed by atoms with Gasteiger partial charge in [0, 0.05) is 18.3 Å². The van der Waals surface area contributed by atoms with E-state index in [1.165, 1.54) is 6.20 Å². The van der Waals surface area contributed by atoms with E-state index in [1.807, 2.05) is 13.8 Å². The number of rotatable bonds is 6. The minimum atomic E-state index is -0.974. The third kappa shape index (κ3) is 2.82. The third-order valence-corrected chi connectivity index (χ3v) is 2.62. The first-order valence-corrected chi connectivity index (χ1v) is 5.53. The first-order chi connectivity index (χ1) is 7.60. The molecule has 1 heterocycles. The number of hydrogen-bond acceptors (Lipinski definition) is 3. The summed E-state index contributed by atoms with van der Waals surface area (Å²) in [6, 6.07) is 0. The van der Waals surface area contributed by atoms with Crippen molar-refractivity contribution in [3.8, 4) is 0 Å². The Hall–Kier alpha value is -1.36. The predicted octanol–water partition coefficient (Wildman–Crippen LogP) is 1.44. The van der Waals surface area contributed by atoms with Crippen LogP contribution in [0.25, 0.3) is 0 Å². The van der Waals surface area contributed by atoms with Crippen LogP contribution in [0.2, 0.25) is 0 Å². The van der Waals surface area contributed by atoms with Gasteiger partial charge in [-0.2, -0.15) is 5.10 Å². The number of carboxylic acids is 1. The molecular weight excluding hydrogens is 208 g/mol. The highest BCUT2D eigenvalue weighted by atomic mass is 16.4. The Balaban J connectivity index is 2.80. The van der Waals surface area contributed by atoms with Gasteiger partial charge in [-0.05, 0) is 13.3 Å². The van der Waals surface area contributed by atoms with Crippen LogP contribution in [-0.2, 0) is 11.3 Å². The van der Waals surface area contributed by atoms with Crippen LogP contribution in [0.1, 0.15) is 38.4 Å². The Morgan fingerprint density at radius 2 is 2.25 bits per heavy atom. The molecular formula is C11H18N2O3. The number of hydrogen-bond donors (Lipinski definition) is 2. The smallest absolute Gasteiger partial charge is 0.309 e. The summed E-state index contributed by atoms with van der Waals surface area (Å²) >= 11 is 0. The van der Waals surface area contributed by atoms with Crippen molar-refractivity contribution in [2.75, 3.05) is 0 Å². The van der Waals surface area contributed by atoms with Gasteiger partial charge < -0.3 is 10.2 Å². The summed E-state index contributed by atoms with van der Waals surface area (Å²) in [6.45, 7) is 4.54. The van der Waals surface area contributed by atoms with Crippen molar-refractivity contribution >= 4 is 5.97 Å². The number of aliphatic carboxylic acids is 1. The van der Waals surface area contributed by atoms with Crippen LogP contribution in [-0.4, -0.2) is 26.0 Å². The normalized spacial score (nSPS) is 14.7. The van der Waals surface area contributed by atoms with E-state index >= 15 is 0 Å². The fraction of sp³-hybridized carbons (Fsp3) is 0.636. The molecule has 1 aromatic heterocycles. The molecule has 0 saturated carbocycles. The molecule has 5 heteroatoms. The second kappa shape index (κ2) is 5.65. The van der Waals surface area contributed by atoms with E-state index in [4.69, 9.17) is 5.11 Å². The maximum Gasteiger partial charge on any atom is 0.309 e. The van der Waals surface area contributed by atoms with E-state index in [0.717, 1.165) is 6.42 Å². The van der Waals surface area contributed by atoms with Gasteiger partial charge in [0.2, 0.25) is 0 Å². The van der Waals surface area contributed by atoms with E-state index in [0.29, 0.717) is 18.5 Å². The quantitative estimate of drug-likeness (QED) is 0.769. The second-order valence-corrected chi connectivity index (χ2v) is 3.81. The summed E-state index contributed by atoms with van der Waals surface area (Å²) in [6.07, 6.45) is 3.44. The van der Waals surface area contributed by atoms with Crippen molar-refractivity contribution in [3.63, 3.8) is 0 Å². The fourth-order valence-corrected chi connectivity index (χ4v) is 1.66. The van der Waals surface area contributed by atoms with Crippen molar-refractivity contribution in [1.29, 1.82) is 0 Å². The molecule has 2 N–H and O–H groups in total. The van der Waals surface area contributed by atoms with E-state index in [9.17, 15) is 9.90 Å². The summed E-state index contributed by atoms with van der Waals surface area (Å²) in [5.74, 6) is -1.71. The van der Waals surface area contributed by atoms with Gasteiger partial charge >= 0.3 is 5.97 Å². The first kappa shape index (κ1) is 12.7. The largest absolute Gasteiger partial charge is 0.481 e. The molecule has 16 heavy (non-hydrogen) atoms. The summed E-state index contributed by atoms with van der Waals surface area (Å²) in [5, 5.41) is 23.0. The Bertz CT molecular complexity index is 349. The number of carboxylic acid groups (broad SMARTS) is 1.